The van der Waals surface area contributed by atoms with Crippen molar-refractivity contribution in [3.8, 4) is 5.00 Å². The molecule has 1 fully saturated rings. The molecule has 8 nitrogen and oxygen atoms in total. The first-order valence-corrected chi connectivity index (χ1v) is 14.1. The van der Waals surface area contributed by atoms with Crippen molar-refractivity contribution in [1.29, 1.82) is 0 Å². The molecule has 0 bridgehead atoms. The van der Waals surface area contributed by atoms with Gasteiger partial charge in [0.2, 0.25) is 0 Å². The number of ether oxygens (including phenoxy) is 1. The molecule has 200 valence electrons. The van der Waals surface area contributed by atoms with Crippen LogP contribution in [-0.2, 0) is 22.4 Å². The second-order valence-corrected chi connectivity index (χ2v) is 11.1. The summed E-state index contributed by atoms with van der Waals surface area (Å²) in [6, 6.07) is 9.95. The normalized spacial score (nSPS) is 16.0. The van der Waals surface area contributed by atoms with E-state index in [0.717, 1.165) is 77.5 Å². The van der Waals surface area contributed by atoms with Crippen LogP contribution in [-0.4, -0.2) is 60.3 Å². The predicted molar refractivity (Wildman–Crippen MR) is 152 cm³/mol. The van der Waals surface area contributed by atoms with E-state index in [4.69, 9.17) is 4.74 Å². The maximum atomic E-state index is 13.7. The molecule has 0 atom stereocenters. The van der Waals surface area contributed by atoms with Crippen molar-refractivity contribution >= 4 is 35.1 Å². The van der Waals surface area contributed by atoms with E-state index in [9.17, 15) is 9.59 Å². The number of thiophene rings is 1. The van der Waals surface area contributed by atoms with Gasteiger partial charge in [0, 0.05) is 40.6 Å². The van der Waals surface area contributed by atoms with Crippen LogP contribution in [0.5, 0.6) is 0 Å². The third-order valence-electron chi connectivity index (χ3n) is 7.23. The number of carbonyl (C=O) groups excluding carboxylic acids is 2. The number of hydrogen-bond donors (Lipinski definition) is 2. The van der Waals surface area contributed by atoms with E-state index >= 15 is 0 Å². The van der Waals surface area contributed by atoms with Crippen LogP contribution in [0, 0.1) is 20.8 Å². The van der Waals surface area contributed by atoms with Gasteiger partial charge in [-0.2, -0.15) is 5.10 Å². The summed E-state index contributed by atoms with van der Waals surface area (Å²) >= 11 is 1.72. The average Bonchev–Trinajstić information content (AvgIpc) is 3.42. The van der Waals surface area contributed by atoms with Crippen LogP contribution < -0.4 is 10.7 Å². The number of hydrogen-bond acceptors (Lipinski definition) is 6. The molecule has 2 amide bonds. The molecule has 1 saturated heterocycles. The first-order valence-electron chi connectivity index (χ1n) is 13.2. The average molecular weight is 534 g/mol. The Bertz CT molecular complexity index is 1350. The first-order chi connectivity index (χ1) is 18.4. The van der Waals surface area contributed by atoms with Gasteiger partial charge in [-0.05, 0) is 70.2 Å². The lowest BCUT2D eigenvalue weighted by molar-refractivity contribution is -0.123. The zero-order chi connectivity index (χ0) is 26.6. The highest BCUT2D eigenvalue weighted by Crippen LogP contribution is 2.39. The second-order valence-electron chi connectivity index (χ2n) is 10.1. The monoisotopic (exact) mass is 533 g/mol. The number of rotatable bonds is 7. The molecule has 5 rings (SSSR count). The van der Waals surface area contributed by atoms with E-state index in [-0.39, 0.29) is 11.8 Å². The molecule has 1 aromatic carbocycles. The molecule has 9 heteroatoms. The largest absolute Gasteiger partial charge is 0.379 e. The van der Waals surface area contributed by atoms with Crippen molar-refractivity contribution in [1.82, 2.24) is 14.9 Å². The summed E-state index contributed by atoms with van der Waals surface area (Å²) in [5.74, 6) is -0.209. The number of benzene rings is 1. The number of aryl methyl sites for hydroxylation is 3. The fourth-order valence-corrected chi connectivity index (χ4v) is 6.67. The number of nitrogens with one attached hydrogen (secondary N) is 2. The first kappa shape index (κ1) is 26.3. The van der Waals surface area contributed by atoms with Crippen LogP contribution in [0.3, 0.4) is 0 Å². The van der Waals surface area contributed by atoms with Crippen LogP contribution in [0.15, 0.2) is 35.4 Å². The summed E-state index contributed by atoms with van der Waals surface area (Å²) in [6.07, 6.45) is 5.87. The van der Waals surface area contributed by atoms with Crippen molar-refractivity contribution < 1.29 is 14.3 Å². The number of nitrogens with zero attached hydrogens (tertiary/aromatic N) is 3. The van der Waals surface area contributed by atoms with Gasteiger partial charge in [-0.3, -0.25) is 14.5 Å². The second kappa shape index (κ2) is 11.6. The predicted octanol–water partition coefficient (Wildman–Crippen LogP) is 4.38. The van der Waals surface area contributed by atoms with Crippen molar-refractivity contribution in [3.63, 3.8) is 0 Å². The fraction of sp³-hybridized carbons (Fsp3) is 0.414. The molecule has 1 aliphatic carbocycles. The van der Waals surface area contributed by atoms with Crippen LogP contribution in [0.4, 0.5) is 5.69 Å². The van der Waals surface area contributed by atoms with E-state index in [0.29, 0.717) is 19.8 Å². The van der Waals surface area contributed by atoms with Crippen LogP contribution in [0.1, 0.15) is 56.2 Å². The Morgan fingerprint density at radius 1 is 1.08 bits per heavy atom. The summed E-state index contributed by atoms with van der Waals surface area (Å²) in [5, 5.41) is 8.31. The molecule has 0 spiro atoms. The molecule has 2 aromatic heterocycles. The van der Waals surface area contributed by atoms with Gasteiger partial charge in [0.1, 0.15) is 5.00 Å². The molecule has 1 aliphatic heterocycles. The lowest BCUT2D eigenvalue weighted by Gasteiger charge is -2.25. The minimum atomic E-state index is -0.141. The zero-order valence-corrected chi connectivity index (χ0v) is 23.1. The zero-order valence-electron chi connectivity index (χ0n) is 22.3. The van der Waals surface area contributed by atoms with Crippen molar-refractivity contribution in [2.45, 2.75) is 46.5 Å². The minimum Gasteiger partial charge on any atom is -0.379 e. The Morgan fingerprint density at radius 2 is 1.82 bits per heavy atom. The molecule has 2 N–H and O–H groups in total. The number of anilines is 1. The van der Waals surface area contributed by atoms with E-state index < -0.39 is 0 Å². The summed E-state index contributed by atoms with van der Waals surface area (Å²) < 4.78 is 7.49. The van der Waals surface area contributed by atoms with E-state index in [1.54, 1.807) is 17.6 Å². The van der Waals surface area contributed by atoms with Crippen molar-refractivity contribution in [2.24, 2.45) is 5.10 Å². The topological polar surface area (TPSA) is 88.0 Å². The number of hydrazone groups is 1. The van der Waals surface area contributed by atoms with Gasteiger partial charge in [0.05, 0.1) is 31.5 Å². The van der Waals surface area contributed by atoms with Crippen molar-refractivity contribution in [3.05, 3.63) is 68.9 Å². The van der Waals surface area contributed by atoms with Gasteiger partial charge in [0.15, 0.2) is 0 Å². The maximum Gasteiger partial charge on any atom is 0.258 e. The van der Waals surface area contributed by atoms with Crippen LogP contribution in [0.2, 0.25) is 0 Å². The maximum absolute atomic E-state index is 13.7. The van der Waals surface area contributed by atoms with E-state index in [1.807, 2.05) is 51.1 Å². The molecule has 3 heterocycles. The Hall–Kier alpha value is -3.27. The molecule has 0 unspecified atom stereocenters. The quantitative estimate of drug-likeness (QED) is 0.349. The van der Waals surface area contributed by atoms with Crippen molar-refractivity contribution in [2.75, 3.05) is 38.2 Å². The molecule has 2 aliphatic rings. The third-order valence-corrected chi connectivity index (χ3v) is 8.50. The molecule has 38 heavy (non-hydrogen) atoms. The lowest BCUT2D eigenvalue weighted by Crippen LogP contribution is -2.42. The highest BCUT2D eigenvalue weighted by molar-refractivity contribution is 7.15. The van der Waals surface area contributed by atoms with Gasteiger partial charge >= 0.3 is 0 Å². The molecule has 0 radical (unpaired) electrons. The molecular weight excluding hydrogens is 498 g/mol. The summed E-state index contributed by atoms with van der Waals surface area (Å²) in [5.41, 5.74) is 9.46. The number of morpholine rings is 1. The summed E-state index contributed by atoms with van der Waals surface area (Å²) in [6.45, 7) is 9.23. The smallest absolute Gasteiger partial charge is 0.258 e. The number of amides is 2. The third kappa shape index (κ3) is 5.75. The number of fused-ring (bicyclic) bond motifs is 1. The molecular formula is C29H35N5O3S. The highest BCUT2D eigenvalue weighted by atomic mass is 32.1. The lowest BCUT2D eigenvalue weighted by atomic mass is 9.95. The Labute approximate surface area is 227 Å². The van der Waals surface area contributed by atoms with Gasteiger partial charge in [0.25, 0.3) is 11.8 Å². The summed E-state index contributed by atoms with van der Waals surface area (Å²) in [7, 11) is 0. The van der Waals surface area contributed by atoms with Gasteiger partial charge in [-0.1, -0.05) is 17.7 Å². The standard InChI is InChI=1S/C29H35N5O3S/c1-19-8-10-23(11-9-19)31-28(36)27-24-6-4-5-7-25(24)38-29(27)34-20(2)16-22(21(34)3)17-30-32-26(35)18-33-12-14-37-15-13-33/h8-11,16-17H,4-7,12-15,18H2,1-3H3,(H,31,36)(H,32,35)/b30-17-. The number of aromatic nitrogens is 1. The van der Waals surface area contributed by atoms with Gasteiger partial charge in [-0.25, -0.2) is 5.43 Å². The van der Waals surface area contributed by atoms with E-state index in [2.05, 4.69) is 25.3 Å². The Kier molecular flexibility index (Phi) is 8.06. The molecule has 3 aromatic rings. The molecule has 0 saturated carbocycles. The SMILES string of the molecule is Cc1ccc(NC(=O)c2c(-n3c(C)cc(/C=N\NC(=O)CN4CCOCC4)c3C)sc3c2CCCC3)cc1. The van der Waals surface area contributed by atoms with Gasteiger partial charge < -0.3 is 14.6 Å². The summed E-state index contributed by atoms with van der Waals surface area (Å²) in [4.78, 5) is 29.3. The minimum absolute atomic E-state index is 0.0682. The van der Waals surface area contributed by atoms with Gasteiger partial charge in [-0.15, -0.1) is 11.3 Å². The highest BCUT2D eigenvalue weighted by Gasteiger charge is 2.28. The van der Waals surface area contributed by atoms with Crippen LogP contribution >= 0.6 is 11.3 Å². The van der Waals surface area contributed by atoms with E-state index in [1.165, 1.54) is 10.4 Å². The number of carbonyl (C=O) groups is 2. The Morgan fingerprint density at radius 3 is 2.58 bits per heavy atom. The Balaban J connectivity index is 1.39. The van der Waals surface area contributed by atoms with Crippen LogP contribution in [0.25, 0.3) is 5.00 Å². The fourth-order valence-electron chi connectivity index (χ4n) is 5.18.